The zero-order chi connectivity index (χ0) is 15.9. The van der Waals surface area contributed by atoms with Crippen LogP contribution in [0.1, 0.15) is 28.9 Å². The first-order valence-electron chi connectivity index (χ1n) is 6.51. The number of aromatic nitrogens is 2. The molecule has 1 aromatic heterocycles. The molecular weight excluding hydrogens is 317 g/mol. The Hall–Kier alpha value is -1.96. The molecule has 1 aromatic carbocycles. The minimum absolute atomic E-state index is 0.0796. The van der Waals surface area contributed by atoms with Gasteiger partial charge in [-0.25, -0.2) is 9.78 Å². The molecule has 3 rings (SSSR count). The van der Waals surface area contributed by atoms with Crippen LogP contribution in [0.4, 0.5) is 13.2 Å². The second-order valence-electron chi connectivity index (χ2n) is 4.54. The summed E-state index contributed by atoms with van der Waals surface area (Å²) in [6, 6.07) is 6.73. The highest BCUT2D eigenvalue weighted by Crippen LogP contribution is 2.41. The van der Waals surface area contributed by atoms with E-state index in [4.69, 9.17) is 4.74 Å². The third-order valence-electron chi connectivity index (χ3n) is 3.17. The summed E-state index contributed by atoms with van der Waals surface area (Å²) >= 11 is 1.37. The van der Waals surface area contributed by atoms with Crippen LogP contribution in [0.5, 0.6) is 0 Å². The van der Waals surface area contributed by atoms with E-state index in [9.17, 15) is 18.0 Å². The highest BCUT2D eigenvalue weighted by Gasteiger charge is 2.42. The third-order valence-corrected chi connectivity index (χ3v) is 4.24. The van der Waals surface area contributed by atoms with Crippen LogP contribution in [0, 0.1) is 0 Å². The number of para-hydroxylation sites is 1. The number of carbonyl (C=O) groups is 1. The molecule has 0 saturated heterocycles. The van der Waals surface area contributed by atoms with Crippen LogP contribution in [-0.4, -0.2) is 22.1 Å². The second kappa shape index (κ2) is 5.35. The van der Waals surface area contributed by atoms with Crippen molar-refractivity contribution in [1.82, 2.24) is 9.55 Å². The van der Waals surface area contributed by atoms with Crippen molar-refractivity contribution in [3.8, 4) is 5.69 Å². The van der Waals surface area contributed by atoms with E-state index in [1.165, 1.54) is 11.8 Å². The van der Waals surface area contributed by atoms with Gasteiger partial charge in [-0.15, -0.1) is 11.8 Å². The van der Waals surface area contributed by atoms with Crippen LogP contribution in [-0.2, 0) is 16.7 Å². The van der Waals surface area contributed by atoms with Gasteiger partial charge in [-0.1, -0.05) is 12.1 Å². The van der Waals surface area contributed by atoms with E-state index in [1.807, 2.05) is 0 Å². The van der Waals surface area contributed by atoms with Gasteiger partial charge in [0.1, 0.15) is 0 Å². The normalized spacial score (nSPS) is 13.5. The Kier molecular flexibility index (Phi) is 3.64. The predicted molar refractivity (Wildman–Crippen MR) is 74.1 cm³/mol. The number of imidazole rings is 1. The molecule has 0 unspecified atom stereocenters. The number of halogens is 3. The van der Waals surface area contributed by atoms with Crippen molar-refractivity contribution in [3.63, 3.8) is 0 Å². The Bertz CT molecular complexity index is 740. The summed E-state index contributed by atoms with van der Waals surface area (Å²) in [5.41, 5.74) is 0.328. The number of carbonyl (C=O) groups excluding carboxylic acids is 1. The van der Waals surface area contributed by atoms with Gasteiger partial charge in [0.15, 0.2) is 5.69 Å². The number of ether oxygens (including phenoxy) is 1. The SMILES string of the molecule is CCOC(=O)c1nc(C(F)(F)F)n2c1CSc1ccccc1-2. The molecule has 0 saturated carbocycles. The first-order chi connectivity index (χ1) is 10.4. The fourth-order valence-electron chi connectivity index (χ4n) is 2.31. The van der Waals surface area contributed by atoms with Gasteiger partial charge in [0.05, 0.1) is 18.0 Å². The predicted octanol–water partition coefficient (Wildman–Crippen LogP) is 3.67. The molecule has 4 nitrogen and oxygen atoms in total. The number of nitrogens with zero attached hydrogens (tertiary/aromatic N) is 2. The van der Waals surface area contributed by atoms with Crippen molar-refractivity contribution in [2.24, 2.45) is 0 Å². The first kappa shape index (κ1) is 15.0. The molecule has 0 bridgehead atoms. The number of alkyl halides is 3. The van der Waals surface area contributed by atoms with E-state index in [2.05, 4.69) is 4.98 Å². The van der Waals surface area contributed by atoms with Crippen molar-refractivity contribution >= 4 is 17.7 Å². The minimum atomic E-state index is -4.66. The lowest BCUT2D eigenvalue weighted by molar-refractivity contribution is -0.146. The quantitative estimate of drug-likeness (QED) is 0.789. The number of hydrogen-bond donors (Lipinski definition) is 0. The number of thioether (sulfide) groups is 1. The molecule has 0 N–H and O–H groups in total. The summed E-state index contributed by atoms with van der Waals surface area (Å²) in [5.74, 6) is -1.70. The molecular formula is C14H11F3N2O2S. The number of fused-ring (bicyclic) bond motifs is 3. The lowest BCUT2D eigenvalue weighted by Crippen LogP contribution is -2.17. The van der Waals surface area contributed by atoms with Gasteiger partial charge < -0.3 is 4.74 Å². The zero-order valence-electron chi connectivity index (χ0n) is 11.5. The van der Waals surface area contributed by atoms with E-state index >= 15 is 0 Å². The molecule has 2 heterocycles. The van der Waals surface area contributed by atoms with Gasteiger partial charge >= 0.3 is 12.1 Å². The van der Waals surface area contributed by atoms with Crippen molar-refractivity contribution in [1.29, 1.82) is 0 Å². The Morgan fingerprint density at radius 2 is 2.14 bits per heavy atom. The minimum Gasteiger partial charge on any atom is -0.461 e. The van der Waals surface area contributed by atoms with Crippen molar-refractivity contribution in [3.05, 3.63) is 41.5 Å². The van der Waals surface area contributed by atoms with Crippen LogP contribution >= 0.6 is 11.8 Å². The lowest BCUT2D eigenvalue weighted by atomic mass is 10.2. The number of rotatable bonds is 2. The summed E-state index contributed by atoms with van der Waals surface area (Å²) in [6.07, 6.45) is -4.66. The number of esters is 1. The van der Waals surface area contributed by atoms with Crippen molar-refractivity contribution in [2.45, 2.75) is 23.7 Å². The van der Waals surface area contributed by atoms with Crippen LogP contribution in [0.2, 0.25) is 0 Å². The molecule has 116 valence electrons. The molecule has 0 aliphatic carbocycles. The fraction of sp³-hybridized carbons (Fsp3) is 0.286. The maximum atomic E-state index is 13.3. The topological polar surface area (TPSA) is 44.1 Å². The van der Waals surface area contributed by atoms with Gasteiger partial charge in [0, 0.05) is 10.6 Å². The zero-order valence-corrected chi connectivity index (χ0v) is 12.3. The Morgan fingerprint density at radius 1 is 1.41 bits per heavy atom. The molecule has 0 fully saturated rings. The van der Waals surface area contributed by atoms with E-state index < -0.39 is 18.0 Å². The Balaban J connectivity index is 2.25. The summed E-state index contributed by atoms with van der Waals surface area (Å²) in [5, 5.41) is 0. The average Bonchev–Trinajstić information content (AvgIpc) is 2.87. The molecule has 0 radical (unpaired) electrons. The lowest BCUT2D eigenvalue weighted by Gasteiger charge is -2.21. The standard InChI is InChI=1S/C14H11F3N2O2S/c1-2-21-12(20)11-9-7-22-10-6-4-3-5-8(10)19(9)13(18-11)14(15,16)17/h3-6H,2,7H2,1H3. The van der Waals surface area contributed by atoms with Crippen LogP contribution in [0.25, 0.3) is 5.69 Å². The maximum absolute atomic E-state index is 13.3. The molecule has 22 heavy (non-hydrogen) atoms. The van der Waals surface area contributed by atoms with E-state index in [0.29, 0.717) is 10.6 Å². The molecule has 1 aliphatic heterocycles. The first-order valence-corrected chi connectivity index (χ1v) is 7.50. The third kappa shape index (κ3) is 2.37. The molecule has 1 aliphatic rings. The van der Waals surface area contributed by atoms with E-state index in [0.717, 1.165) is 4.57 Å². The summed E-state index contributed by atoms with van der Waals surface area (Å²) < 4.78 is 45.7. The summed E-state index contributed by atoms with van der Waals surface area (Å²) in [6.45, 7) is 1.67. The average molecular weight is 328 g/mol. The van der Waals surface area contributed by atoms with E-state index in [1.54, 1.807) is 31.2 Å². The van der Waals surface area contributed by atoms with Crippen LogP contribution < -0.4 is 0 Å². The number of hydrogen-bond acceptors (Lipinski definition) is 4. The molecule has 2 aromatic rings. The van der Waals surface area contributed by atoms with Crippen molar-refractivity contribution < 1.29 is 22.7 Å². The summed E-state index contributed by atoms with van der Waals surface area (Å²) in [4.78, 5) is 16.1. The smallest absolute Gasteiger partial charge is 0.450 e. The molecule has 0 spiro atoms. The van der Waals surface area contributed by atoms with Gasteiger partial charge in [0.2, 0.25) is 5.82 Å². The fourth-order valence-corrected chi connectivity index (χ4v) is 3.35. The largest absolute Gasteiger partial charge is 0.461 e. The second-order valence-corrected chi connectivity index (χ2v) is 5.56. The van der Waals surface area contributed by atoms with Gasteiger partial charge in [-0.3, -0.25) is 4.57 Å². The van der Waals surface area contributed by atoms with Crippen LogP contribution in [0.15, 0.2) is 29.2 Å². The highest BCUT2D eigenvalue weighted by molar-refractivity contribution is 7.98. The van der Waals surface area contributed by atoms with Gasteiger partial charge in [-0.05, 0) is 19.1 Å². The molecule has 8 heteroatoms. The summed E-state index contributed by atoms with van der Waals surface area (Å²) in [7, 11) is 0. The van der Waals surface area contributed by atoms with Gasteiger partial charge in [-0.2, -0.15) is 13.2 Å². The molecule has 0 atom stereocenters. The van der Waals surface area contributed by atoms with E-state index in [-0.39, 0.29) is 23.7 Å². The Labute approximate surface area is 128 Å². The highest BCUT2D eigenvalue weighted by atomic mass is 32.2. The Morgan fingerprint density at radius 3 is 2.82 bits per heavy atom. The van der Waals surface area contributed by atoms with Gasteiger partial charge in [0.25, 0.3) is 0 Å². The monoisotopic (exact) mass is 328 g/mol. The maximum Gasteiger partial charge on any atom is 0.450 e. The number of benzene rings is 1. The van der Waals surface area contributed by atoms with Crippen molar-refractivity contribution in [2.75, 3.05) is 6.61 Å². The van der Waals surface area contributed by atoms with Crippen LogP contribution in [0.3, 0.4) is 0 Å². The molecule has 0 amide bonds.